The molecule has 2 aliphatic rings. The van der Waals surface area contributed by atoms with Crippen molar-refractivity contribution in [3.8, 4) is 0 Å². The van der Waals surface area contributed by atoms with Gasteiger partial charge in [-0.25, -0.2) is 4.98 Å². The second kappa shape index (κ2) is 7.20. The maximum atomic E-state index is 12.7. The molecule has 2 saturated heterocycles. The zero-order valence-corrected chi connectivity index (χ0v) is 14.8. The Bertz CT molecular complexity index is 561. The monoisotopic (exact) mass is 339 g/mol. The van der Waals surface area contributed by atoms with Crippen molar-refractivity contribution >= 4 is 17.5 Å². The second-order valence-corrected chi connectivity index (χ2v) is 7.15. The molecule has 1 aromatic heterocycles. The summed E-state index contributed by atoms with van der Waals surface area (Å²) in [7, 11) is 4.03. The van der Waals surface area contributed by atoms with Gasteiger partial charge in [0.2, 0.25) is 5.91 Å². The van der Waals surface area contributed by atoms with Crippen molar-refractivity contribution in [1.29, 1.82) is 0 Å². The quantitative estimate of drug-likeness (QED) is 0.826. The minimum absolute atomic E-state index is 0.194. The smallest absolute Gasteiger partial charge is 0.227 e. The van der Waals surface area contributed by atoms with Gasteiger partial charge in [0.05, 0.1) is 18.7 Å². The molecule has 0 aromatic carbocycles. The predicted molar refractivity (Wildman–Crippen MR) is 90.3 cm³/mol. The number of likely N-dealkylation sites (tertiary alicyclic amines) is 1. The molecule has 2 fully saturated rings. The lowest BCUT2D eigenvalue weighted by Gasteiger charge is -2.24. The Morgan fingerprint density at radius 2 is 2.09 bits per heavy atom. The van der Waals surface area contributed by atoms with Gasteiger partial charge in [-0.3, -0.25) is 9.69 Å². The third-order valence-electron chi connectivity index (χ3n) is 5.03. The number of hydrogen-bond acceptors (Lipinski definition) is 4. The molecule has 3 heterocycles. The summed E-state index contributed by atoms with van der Waals surface area (Å²) in [4.78, 5) is 23.7. The summed E-state index contributed by atoms with van der Waals surface area (Å²) in [6, 6.07) is 0. The van der Waals surface area contributed by atoms with Crippen LogP contribution < -0.4 is 0 Å². The number of imidazole rings is 1. The van der Waals surface area contributed by atoms with Gasteiger partial charge in [-0.1, -0.05) is 11.6 Å². The molecule has 0 radical (unpaired) electrons. The van der Waals surface area contributed by atoms with Gasteiger partial charge < -0.3 is 14.4 Å². The Balaban J connectivity index is 1.54. The summed E-state index contributed by atoms with van der Waals surface area (Å²) in [5.41, 5.74) is 0. The van der Waals surface area contributed by atoms with Gasteiger partial charge in [0, 0.05) is 39.8 Å². The number of halogens is 1. The molecule has 0 unspecified atom stereocenters. The SMILES string of the molecule is CN1CC[C@H](C(=O)N2CCCN(Cc3ncc(Cl)n3C)CC2)C1. The first-order valence-corrected chi connectivity index (χ1v) is 8.78. The molecule has 6 nitrogen and oxygen atoms in total. The highest BCUT2D eigenvalue weighted by Gasteiger charge is 2.30. The third kappa shape index (κ3) is 3.87. The molecule has 23 heavy (non-hydrogen) atoms. The summed E-state index contributed by atoms with van der Waals surface area (Å²) < 4.78 is 1.92. The second-order valence-electron chi connectivity index (χ2n) is 6.76. The molecule has 1 atom stereocenters. The Kier molecular flexibility index (Phi) is 5.24. The Morgan fingerprint density at radius 1 is 1.26 bits per heavy atom. The van der Waals surface area contributed by atoms with Crippen LogP contribution in [0.5, 0.6) is 0 Å². The summed E-state index contributed by atoms with van der Waals surface area (Å²) >= 11 is 6.05. The fourth-order valence-corrected chi connectivity index (χ4v) is 3.66. The van der Waals surface area contributed by atoms with Gasteiger partial charge in [-0.05, 0) is 26.4 Å². The van der Waals surface area contributed by atoms with Crippen LogP contribution in [0.25, 0.3) is 0 Å². The Labute approximate surface area is 143 Å². The van der Waals surface area contributed by atoms with Crippen LogP contribution in [0.1, 0.15) is 18.7 Å². The highest BCUT2D eigenvalue weighted by molar-refractivity contribution is 6.29. The molecule has 0 N–H and O–H groups in total. The number of rotatable bonds is 3. The minimum atomic E-state index is 0.194. The predicted octanol–water partition coefficient (Wildman–Crippen LogP) is 1.06. The first-order valence-electron chi connectivity index (χ1n) is 8.40. The summed E-state index contributed by atoms with van der Waals surface area (Å²) in [6.45, 7) is 6.32. The molecule has 7 heteroatoms. The van der Waals surface area contributed by atoms with Gasteiger partial charge in [0.1, 0.15) is 11.0 Å². The van der Waals surface area contributed by atoms with Gasteiger partial charge in [-0.2, -0.15) is 0 Å². The van der Waals surface area contributed by atoms with E-state index in [9.17, 15) is 4.79 Å². The molecule has 2 aliphatic heterocycles. The van der Waals surface area contributed by atoms with Crippen LogP contribution in [0.4, 0.5) is 0 Å². The van der Waals surface area contributed by atoms with E-state index in [-0.39, 0.29) is 5.92 Å². The zero-order valence-electron chi connectivity index (χ0n) is 14.0. The minimum Gasteiger partial charge on any atom is -0.341 e. The lowest BCUT2D eigenvalue weighted by molar-refractivity contribution is -0.135. The maximum absolute atomic E-state index is 12.7. The van der Waals surface area contributed by atoms with Crippen LogP contribution in [0.2, 0.25) is 5.15 Å². The molecule has 0 spiro atoms. The molecule has 1 aromatic rings. The van der Waals surface area contributed by atoms with Crippen LogP contribution in [-0.4, -0.2) is 76.5 Å². The van der Waals surface area contributed by atoms with Crippen molar-refractivity contribution < 1.29 is 4.79 Å². The van der Waals surface area contributed by atoms with E-state index in [2.05, 4.69) is 26.7 Å². The molecule has 1 amide bonds. The normalized spacial score (nSPS) is 24.1. The molecule has 128 valence electrons. The largest absolute Gasteiger partial charge is 0.341 e. The Hall–Kier alpha value is -1.11. The average molecular weight is 340 g/mol. The van der Waals surface area contributed by atoms with E-state index >= 15 is 0 Å². The highest BCUT2D eigenvalue weighted by Crippen LogP contribution is 2.19. The fourth-order valence-electron chi connectivity index (χ4n) is 3.52. The lowest BCUT2D eigenvalue weighted by Crippen LogP contribution is -2.39. The van der Waals surface area contributed by atoms with Crippen LogP contribution in [0, 0.1) is 5.92 Å². The molecule has 3 rings (SSSR count). The number of aromatic nitrogens is 2. The first-order chi connectivity index (χ1) is 11.0. The average Bonchev–Trinajstić information content (AvgIpc) is 3.00. The molecule has 0 saturated carbocycles. The van der Waals surface area contributed by atoms with Crippen LogP contribution in [0.3, 0.4) is 0 Å². The van der Waals surface area contributed by atoms with E-state index in [0.717, 1.165) is 64.5 Å². The molecular formula is C16H26ClN5O. The lowest BCUT2D eigenvalue weighted by atomic mass is 10.1. The maximum Gasteiger partial charge on any atom is 0.227 e. The Morgan fingerprint density at radius 3 is 2.74 bits per heavy atom. The number of carbonyl (C=O) groups is 1. The molecule has 0 bridgehead atoms. The van der Waals surface area contributed by atoms with Crippen molar-refractivity contribution in [2.75, 3.05) is 46.3 Å². The van der Waals surface area contributed by atoms with Crippen LogP contribution >= 0.6 is 11.6 Å². The van der Waals surface area contributed by atoms with Gasteiger partial charge >= 0.3 is 0 Å². The van der Waals surface area contributed by atoms with Crippen molar-refractivity contribution in [1.82, 2.24) is 24.3 Å². The van der Waals surface area contributed by atoms with E-state index in [4.69, 9.17) is 11.6 Å². The van der Waals surface area contributed by atoms with Gasteiger partial charge in [-0.15, -0.1) is 0 Å². The standard InChI is InChI=1S/C16H26ClN5O/c1-19-7-4-13(11-19)16(23)22-6-3-5-21(8-9-22)12-15-18-10-14(17)20(15)2/h10,13H,3-9,11-12H2,1-2H3/t13-/m0/s1. The van der Waals surface area contributed by atoms with Crippen LogP contribution in [-0.2, 0) is 18.4 Å². The third-order valence-corrected chi connectivity index (χ3v) is 5.38. The van der Waals surface area contributed by atoms with Crippen molar-refractivity contribution in [2.24, 2.45) is 13.0 Å². The number of amides is 1. The molecular weight excluding hydrogens is 314 g/mol. The van der Waals surface area contributed by atoms with Gasteiger partial charge in [0.15, 0.2) is 0 Å². The van der Waals surface area contributed by atoms with Gasteiger partial charge in [0.25, 0.3) is 0 Å². The number of hydrogen-bond donors (Lipinski definition) is 0. The molecule has 0 aliphatic carbocycles. The van der Waals surface area contributed by atoms with Crippen LogP contribution in [0.15, 0.2) is 6.20 Å². The fraction of sp³-hybridized carbons (Fsp3) is 0.750. The van der Waals surface area contributed by atoms with E-state index in [1.165, 1.54) is 0 Å². The first kappa shape index (κ1) is 16.7. The van der Waals surface area contributed by atoms with E-state index in [1.807, 2.05) is 11.6 Å². The van der Waals surface area contributed by atoms with Crippen molar-refractivity contribution in [3.05, 3.63) is 17.2 Å². The number of carbonyl (C=O) groups excluding carboxylic acids is 1. The van der Waals surface area contributed by atoms with Crippen molar-refractivity contribution in [3.63, 3.8) is 0 Å². The van der Waals surface area contributed by atoms with E-state index < -0.39 is 0 Å². The summed E-state index contributed by atoms with van der Waals surface area (Å²) in [5.74, 6) is 1.52. The van der Waals surface area contributed by atoms with E-state index in [0.29, 0.717) is 11.1 Å². The summed E-state index contributed by atoms with van der Waals surface area (Å²) in [6.07, 6.45) is 3.72. The summed E-state index contributed by atoms with van der Waals surface area (Å²) in [5, 5.41) is 0.664. The highest BCUT2D eigenvalue weighted by atomic mass is 35.5. The van der Waals surface area contributed by atoms with E-state index in [1.54, 1.807) is 6.20 Å². The van der Waals surface area contributed by atoms with Crippen molar-refractivity contribution in [2.45, 2.75) is 19.4 Å². The number of nitrogens with zero attached hydrogens (tertiary/aromatic N) is 5. The topological polar surface area (TPSA) is 44.6 Å². The zero-order chi connectivity index (χ0) is 16.4.